The summed E-state index contributed by atoms with van der Waals surface area (Å²) in [5, 5.41) is 22.8. The molecule has 2 N–H and O–H groups in total. The monoisotopic (exact) mass is 555 g/mol. The Bertz CT molecular complexity index is 1190. The summed E-state index contributed by atoms with van der Waals surface area (Å²) >= 11 is 0. The number of nitrogens with zero attached hydrogens (tertiary/aromatic N) is 6. The summed E-state index contributed by atoms with van der Waals surface area (Å²) in [4.78, 5) is 39.0. The molecule has 214 valence electrons. The van der Waals surface area contributed by atoms with Gasteiger partial charge in [-0.3, -0.25) is 14.5 Å². The number of carboxylic acids is 1. The zero-order valence-electron chi connectivity index (χ0n) is 21.8. The lowest BCUT2D eigenvalue weighted by Gasteiger charge is -2.43. The minimum atomic E-state index is -5.08. The SMILES string of the molecule is Cc1noc(C)c1C(=O)N1CCN2CCn3c(C(=O)NCC4CCCCC4)nnc3C2C1.O=C(O)C(F)(F)F. The van der Waals surface area contributed by atoms with Crippen LogP contribution in [0.25, 0.3) is 0 Å². The molecule has 2 fully saturated rings. The van der Waals surface area contributed by atoms with E-state index in [0.29, 0.717) is 54.9 Å². The molecule has 1 aliphatic carbocycles. The van der Waals surface area contributed by atoms with E-state index in [9.17, 15) is 22.8 Å². The predicted octanol–water partition coefficient (Wildman–Crippen LogP) is 2.34. The molecular formula is C24H32F3N7O5. The van der Waals surface area contributed by atoms with E-state index in [1.54, 1.807) is 13.8 Å². The molecule has 15 heteroatoms. The maximum absolute atomic E-state index is 13.1. The van der Waals surface area contributed by atoms with Crippen LogP contribution in [0.15, 0.2) is 4.52 Å². The third kappa shape index (κ3) is 6.40. The van der Waals surface area contributed by atoms with Crippen molar-refractivity contribution in [3.8, 4) is 0 Å². The molecule has 12 nitrogen and oxygen atoms in total. The van der Waals surface area contributed by atoms with E-state index in [-0.39, 0.29) is 17.9 Å². The first-order valence-electron chi connectivity index (χ1n) is 12.9. The van der Waals surface area contributed by atoms with Crippen LogP contribution in [0.2, 0.25) is 0 Å². The maximum atomic E-state index is 13.1. The van der Waals surface area contributed by atoms with Crippen molar-refractivity contribution < 1.29 is 37.2 Å². The van der Waals surface area contributed by atoms with Crippen LogP contribution in [0, 0.1) is 19.8 Å². The highest BCUT2D eigenvalue weighted by molar-refractivity contribution is 5.96. The Labute approximate surface area is 222 Å². The zero-order chi connectivity index (χ0) is 28.3. The van der Waals surface area contributed by atoms with Crippen molar-refractivity contribution in [2.45, 2.75) is 64.7 Å². The van der Waals surface area contributed by atoms with Gasteiger partial charge in [-0.1, -0.05) is 24.4 Å². The summed E-state index contributed by atoms with van der Waals surface area (Å²) in [5.74, 6) is -0.731. The van der Waals surface area contributed by atoms with Crippen molar-refractivity contribution in [1.29, 1.82) is 0 Å². The van der Waals surface area contributed by atoms with E-state index in [1.165, 1.54) is 32.1 Å². The lowest BCUT2D eigenvalue weighted by atomic mass is 9.89. The smallest absolute Gasteiger partial charge is 0.475 e. The van der Waals surface area contributed by atoms with Crippen LogP contribution in [-0.4, -0.2) is 91.5 Å². The largest absolute Gasteiger partial charge is 0.490 e. The Morgan fingerprint density at radius 2 is 1.72 bits per heavy atom. The first-order valence-corrected chi connectivity index (χ1v) is 12.9. The van der Waals surface area contributed by atoms with Crippen LogP contribution in [0.3, 0.4) is 0 Å². The average molecular weight is 556 g/mol. The van der Waals surface area contributed by atoms with Gasteiger partial charge < -0.3 is 24.4 Å². The number of amides is 2. The minimum absolute atomic E-state index is 0.0667. The number of carbonyl (C=O) groups excluding carboxylic acids is 2. The second-order valence-corrected chi connectivity index (χ2v) is 10.1. The van der Waals surface area contributed by atoms with Crippen LogP contribution in [-0.2, 0) is 11.3 Å². The fourth-order valence-corrected chi connectivity index (χ4v) is 5.35. The molecule has 2 aromatic heterocycles. The number of fused-ring (bicyclic) bond motifs is 3. The molecule has 1 saturated heterocycles. The van der Waals surface area contributed by atoms with Crippen LogP contribution >= 0.6 is 0 Å². The van der Waals surface area contributed by atoms with Gasteiger partial charge in [0.25, 0.3) is 11.8 Å². The maximum Gasteiger partial charge on any atom is 0.490 e. The van der Waals surface area contributed by atoms with Gasteiger partial charge in [-0.15, -0.1) is 10.2 Å². The van der Waals surface area contributed by atoms with Gasteiger partial charge in [0, 0.05) is 39.3 Å². The quantitative estimate of drug-likeness (QED) is 0.580. The van der Waals surface area contributed by atoms with Crippen LogP contribution in [0.5, 0.6) is 0 Å². The van der Waals surface area contributed by atoms with Gasteiger partial charge in [0.05, 0.1) is 11.7 Å². The molecule has 39 heavy (non-hydrogen) atoms. The molecule has 2 amide bonds. The molecule has 0 spiro atoms. The number of hydrogen-bond donors (Lipinski definition) is 2. The Balaban J connectivity index is 0.000000448. The predicted molar refractivity (Wildman–Crippen MR) is 129 cm³/mol. The van der Waals surface area contributed by atoms with Gasteiger partial charge in [-0.05, 0) is 32.6 Å². The van der Waals surface area contributed by atoms with Crippen molar-refractivity contribution in [2.75, 3.05) is 32.7 Å². The number of aliphatic carboxylic acids is 1. The number of aryl methyl sites for hydroxylation is 2. The fourth-order valence-electron chi connectivity index (χ4n) is 5.35. The van der Waals surface area contributed by atoms with Crippen molar-refractivity contribution in [1.82, 2.24) is 35.0 Å². The average Bonchev–Trinajstić information content (AvgIpc) is 3.50. The molecular weight excluding hydrogens is 523 g/mol. The second-order valence-electron chi connectivity index (χ2n) is 10.1. The van der Waals surface area contributed by atoms with Crippen LogP contribution in [0.4, 0.5) is 13.2 Å². The molecule has 3 aliphatic rings. The highest BCUT2D eigenvalue weighted by Gasteiger charge is 2.39. The van der Waals surface area contributed by atoms with Gasteiger partial charge in [0.15, 0.2) is 5.82 Å². The van der Waals surface area contributed by atoms with Gasteiger partial charge >= 0.3 is 12.1 Å². The van der Waals surface area contributed by atoms with Crippen molar-refractivity contribution in [3.05, 3.63) is 28.7 Å². The summed E-state index contributed by atoms with van der Waals surface area (Å²) in [5.41, 5.74) is 1.15. The summed E-state index contributed by atoms with van der Waals surface area (Å²) < 4.78 is 38.9. The first-order chi connectivity index (χ1) is 18.5. The lowest BCUT2D eigenvalue weighted by Crippen LogP contribution is -2.54. The molecule has 5 rings (SSSR count). The molecule has 0 aromatic carbocycles. The van der Waals surface area contributed by atoms with E-state index in [4.69, 9.17) is 14.4 Å². The number of carbonyl (C=O) groups is 3. The van der Waals surface area contributed by atoms with E-state index < -0.39 is 12.1 Å². The summed E-state index contributed by atoms with van der Waals surface area (Å²) in [7, 11) is 0. The van der Waals surface area contributed by atoms with Crippen LogP contribution < -0.4 is 5.32 Å². The molecule has 2 aliphatic heterocycles. The summed E-state index contributed by atoms with van der Waals surface area (Å²) in [6, 6.07) is -0.0747. The van der Waals surface area contributed by atoms with E-state index >= 15 is 0 Å². The number of halogens is 3. The number of piperazine rings is 1. The van der Waals surface area contributed by atoms with Crippen molar-refractivity contribution in [2.24, 2.45) is 5.92 Å². The molecule has 1 unspecified atom stereocenters. The molecule has 1 atom stereocenters. The number of aromatic nitrogens is 4. The lowest BCUT2D eigenvalue weighted by molar-refractivity contribution is -0.192. The van der Waals surface area contributed by atoms with Gasteiger partial charge in [-0.25, -0.2) is 4.79 Å². The van der Waals surface area contributed by atoms with Crippen molar-refractivity contribution >= 4 is 17.8 Å². The number of nitrogens with one attached hydrogen (secondary N) is 1. The van der Waals surface area contributed by atoms with Crippen LogP contribution in [0.1, 0.15) is 76.4 Å². The van der Waals surface area contributed by atoms with E-state index in [0.717, 1.165) is 18.9 Å². The Morgan fingerprint density at radius 1 is 1.05 bits per heavy atom. The molecule has 0 radical (unpaired) electrons. The summed E-state index contributed by atoms with van der Waals surface area (Å²) in [6.07, 6.45) is 1.09. The van der Waals surface area contributed by atoms with E-state index in [1.807, 2.05) is 9.47 Å². The third-order valence-electron chi connectivity index (χ3n) is 7.44. The van der Waals surface area contributed by atoms with Gasteiger partial charge in [0.1, 0.15) is 11.3 Å². The highest BCUT2D eigenvalue weighted by Crippen LogP contribution is 2.30. The van der Waals surface area contributed by atoms with Gasteiger partial charge in [-0.2, -0.15) is 13.2 Å². The Hall–Kier alpha value is -3.49. The number of alkyl halides is 3. The normalized spacial score (nSPS) is 19.9. The molecule has 1 saturated carbocycles. The van der Waals surface area contributed by atoms with Crippen molar-refractivity contribution in [3.63, 3.8) is 0 Å². The molecule has 0 bridgehead atoms. The summed E-state index contributed by atoms with van der Waals surface area (Å²) in [6.45, 7) is 7.66. The highest BCUT2D eigenvalue weighted by atomic mass is 19.4. The standard InChI is InChI=1S/C22H31N7O3.C2HF3O2/c1-14-18(15(2)32-26-14)22(31)28-9-8-27-10-11-29-19(17(27)13-28)24-25-20(29)21(30)23-12-16-6-4-3-5-7-16;3-2(4,5)1(6)7/h16-17H,3-13H2,1-2H3,(H,23,30);(H,6,7). The zero-order valence-corrected chi connectivity index (χ0v) is 21.8. The van der Waals surface area contributed by atoms with E-state index in [2.05, 4.69) is 25.6 Å². The fraction of sp³-hybridized carbons (Fsp3) is 0.667. The molecule has 4 heterocycles. The number of rotatable bonds is 4. The third-order valence-corrected chi connectivity index (χ3v) is 7.44. The topological polar surface area (TPSA) is 147 Å². The Morgan fingerprint density at radius 3 is 2.33 bits per heavy atom. The molecule has 2 aromatic rings. The Kier molecular flexibility index (Phi) is 8.57. The van der Waals surface area contributed by atoms with Gasteiger partial charge in [0.2, 0.25) is 5.82 Å². The second kappa shape index (κ2) is 11.7. The minimum Gasteiger partial charge on any atom is -0.475 e. The first kappa shape index (κ1) is 28.5. The number of hydrogen-bond acceptors (Lipinski definition) is 8. The number of carboxylic acid groups (broad SMARTS) is 1.